The highest BCUT2D eigenvalue weighted by atomic mass is 32.2. The zero-order valence-corrected chi connectivity index (χ0v) is 29.2. The molecule has 2 aliphatic rings. The number of hydrogen-bond donors (Lipinski definition) is 3. The van der Waals surface area contributed by atoms with Crippen molar-refractivity contribution in [3.05, 3.63) is 35.9 Å². The van der Waals surface area contributed by atoms with Gasteiger partial charge in [-0.25, -0.2) is 4.79 Å². The monoisotopic (exact) mass is 660 g/mol. The van der Waals surface area contributed by atoms with Gasteiger partial charge >= 0.3 is 5.97 Å². The molecule has 1 saturated heterocycles. The number of carbonyl (C=O) groups excluding carboxylic acids is 4. The third-order valence-corrected chi connectivity index (χ3v) is 9.91. The Labute approximate surface area is 279 Å². The largest absolute Gasteiger partial charge is 0.461 e. The van der Waals surface area contributed by atoms with E-state index in [4.69, 9.17) is 4.74 Å². The number of nitrogens with one attached hydrogen (secondary N) is 2. The van der Waals surface area contributed by atoms with Crippen LogP contribution in [0.25, 0.3) is 0 Å². The highest BCUT2D eigenvalue weighted by Gasteiger charge is 2.35. The van der Waals surface area contributed by atoms with E-state index in [1.165, 1.54) is 11.8 Å². The predicted molar refractivity (Wildman–Crippen MR) is 182 cm³/mol. The van der Waals surface area contributed by atoms with Crippen LogP contribution in [-0.4, -0.2) is 108 Å². The van der Waals surface area contributed by atoms with Crippen LogP contribution in [0.5, 0.6) is 0 Å². The number of benzene rings is 1. The molecule has 1 aromatic rings. The summed E-state index contributed by atoms with van der Waals surface area (Å²) in [5.74, 6) is -1.74. The van der Waals surface area contributed by atoms with Crippen molar-refractivity contribution < 1.29 is 29.0 Å². The SMILES string of the molecule is CSC[C@H](NC(=O)[C@@H](CC(=O)N1CCC(N(C)C)CC1)Cc1ccccc1)C(=O)N[C@@H](CC1CCCCC1)[C@@H](O)C(=O)OC(C)C. The summed E-state index contributed by atoms with van der Waals surface area (Å²) in [5, 5.41) is 16.8. The second-order valence-electron chi connectivity index (χ2n) is 13.5. The van der Waals surface area contributed by atoms with Crippen molar-refractivity contribution >= 4 is 35.5 Å². The van der Waals surface area contributed by atoms with Crippen LogP contribution in [0.4, 0.5) is 0 Å². The number of ether oxygens (including phenoxy) is 1. The van der Waals surface area contributed by atoms with Crippen LogP contribution >= 0.6 is 11.8 Å². The fourth-order valence-corrected chi connectivity index (χ4v) is 7.13. The van der Waals surface area contributed by atoms with Gasteiger partial charge in [-0.15, -0.1) is 0 Å². The smallest absolute Gasteiger partial charge is 0.337 e. The first-order chi connectivity index (χ1) is 22.0. The summed E-state index contributed by atoms with van der Waals surface area (Å²) in [5.41, 5.74) is 0.937. The van der Waals surface area contributed by atoms with E-state index in [2.05, 4.69) is 29.6 Å². The van der Waals surface area contributed by atoms with Crippen LogP contribution in [0.3, 0.4) is 0 Å². The Morgan fingerprint density at radius 3 is 2.22 bits per heavy atom. The molecule has 1 aliphatic carbocycles. The molecule has 3 rings (SSSR count). The van der Waals surface area contributed by atoms with Crippen molar-refractivity contribution in [2.45, 2.75) is 108 Å². The fraction of sp³-hybridized carbons (Fsp3) is 0.714. The lowest BCUT2D eigenvalue weighted by molar-refractivity contribution is -0.159. The summed E-state index contributed by atoms with van der Waals surface area (Å²) in [7, 11) is 4.11. The van der Waals surface area contributed by atoms with Gasteiger partial charge in [0.2, 0.25) is 17.7 Å². The maximum Gasteiger partial charge on any atom is 0.337 e. The van der Waals surface area contributed by atoms with E-state index in [1.807, 2.05) is 41.5 Å². The molecule has 46 heavy (non-hydrogen) atoms. The molecule has 11 heteroatoms. The molecule has 4 atom stereocenters. The molecule has 1 aromatic carbocycles. The fourth-order valence-electron chi connectivity index (χ4n) is 6.57. The summed E-state index contributed by atoms with van der Waals surface area (Å²) < 4.78 is 5.28. The number of esters is 1. The van der Waals surface area contributed by atoms with Gasteiger partial charge in [-0.05, 0) is 71.4 Å². The lowest BCUT2D eigenvalue weighted by Gasteiger charge is -2.35. The third kappa shape index (κ3) is 12.2. The minimum Gasteiger partial charge on any atom is -0.461 e. The second kappa shape index (κ2) is 19.3. The maximum absolute atomic E-state index is 13.9. The summed E-state index contributed by atoms with van der Waals surface area (Å²) in [6, 6.07) is 8.29. The zero-order valence-electron chi connectivity index (χ0n) is 28.4. The highest BCUT2D eigenvalue weighted by molar-refractivity contribution is 7.98. The molecule has 0 radical (unpaired) electrons. The van der Waals surface area contributed by atoms with Gasteiger partial charge in [0.25, 0.3) is 0 Å². The normalized spacial score (nSPS) is 18.9. The molecule has 3 amide bonds. The molecule has 0 spiro atoms. The first-order valence-corrected chi connectivity index (χ1v) is 18.3. The molecule has 0 aromatic heterocycles. The number of piperidine rings is 1. The average Bonchev–Trinajstić information content (AvgIpc) is 3.04. The molecule has 258 valence electrons. The summed E-state index contributed by atoms with van der Waals surface area (Å²) in [4.78, 5) is 57.8. The minimum absolute atomic E-state index is 0.0467. The number of aliphatic hydroxyl groups is 1. The van der Waals surface area contributed by atoms with E-state index in [0.717, 1.165) is 50.5 Å². The van der Waals surface area contributed by atoms with Crippen LogP contribution in [0.1, 0.15) is 77.2 Å². The van der Waals surface area contributed by atoms with E-state index in [-0.39, 0.29) is 24.2 Å². The first-order valence-electron chi connectivity index (χ1n) is 16.9. The van der Waals surface area contributed by atoms with Crippen molar-refractivity contribution in [1.29, 1.82) is 0 Å². The summed E-state index contributed by atoms with van der Waals surface area (Å²) >= 11 is 1.41. The van der Waals surface area contributed by atoms with Gasteiger partial charge < -0.3 is 30.3 Å². The number of likely N-dealkylation sites (tertiary alicyclic amines) is 1. The van der Waals surface area contributed by atoms with E-state index < -0.39 is 42.1 Å². The first kappa shape index (κ1) is 37.8. The van der Waals surface area contributed by atoms with E-state index in [0.29, 0.717) is 37.7 Å². The van der Waals surface area contributed by atoms with Gasteiger partial charge in [0.1, 0.15) is 6.04 Å². The molecular formula is C35H56N4O6S. The molecule has 1 heterocycles. The van der Waals surface area contributed by atoms with Gasteiger partial charge in [0.05, 0.1) is 18.1 Å². The highest BCUT2D eigenvalue weighted by Crippen LogP contribution is 2.28. The van der Waals surface area contributed by atoms with Crippen LogP contribution in [0.2, 0.25) is 0 Å². The number of aliphatic hydroxyl groups excluding tert-OH is 1. The quantitative estimate of drug-likeness (QED) is 0.230. The summed E-state index contributed by atoms with van der Waals surface area (Å²) in [6.07, 6.45) is 7.86. The Balaban J connectivity index is 1.74. The second-order valence-corrected chi connectivity index (χ2v) is 14.4. The van der Waals surface area contributed by atoms with E-state index >= 15 is 0 Å². The van der Waals surface area contributed by atoms with Crippen molar-refractivity contribution in [1.82, 2.24) is 20.4 Å². The van der Waals surface area contributed by atoms with Crippen LogP contribution in [-0.2, 0) is 30.3 Å². The molecule has 2 fully saturated rings. The topological polar surface area (TPSA) is 128 Å². The zero-order chi connectivity index (χ0) is 33.6. The van der Waals surface area contributed by atoms with Crippen molar-refractivity contribution in [2.24, 2.45) is 11.8 Å². The number of amides is 3. The molecule has 0 unspecified atom stereocenters. The van der Waals surface area contributed by atoms with Crippen molar-refractivity contribution in [2.75, 3.05) is 39.2 Å². The van der Waals surface area contributed by atoms with Crippen LogP contribution in [0.15, 0.2) is 30.3 Å². The lowest BCUT2D eigenvalue weighted by Crippen LogP contribution is -2.56. The Morgan fingerprint density at radius 2 is 1.63 bits per heavy atom. The number of carbonyl (C=O) groups is 4. The van der Waals surface area contributed by atoms with E-state index in [9.17, 15) is 24.3 Å². The Kier molecular flexibility index (Phi) is 15.8. The van der Waals surface area contributed by atoms with Gasteiger partial charge in [-0.2, -0.15) is 11.8 Å². The Morgan fingerprint density at radius 1 is 0.978 bits per heavy atom. The van der Waals surface area contributed by atoms with Crippen LogP contribution < -0.4 is 10.6 Å². The minimum atomic E-state index is -1.51. The third-order valence-electron chi connectivity index (χ3n) is 9.24. The van der Waals surface area contributed by atoms with Crippen molar-refractivity contribution in [3.63, 3.8) is 0 Å². The van der Waals surface area contributed by atoms with Crippen molar-refractivity contribution in [3.8, 4) is 0 Å². The molecule has 10 nitrogen and oxygen atoms in total. The Hall–Kier alpha value is -2.63. The summed E-state index contributed by atoms with van der Waals surface area (Å²) in [6.45, 7) is 4.74. The van der Waals surface area contributed by atoms with Crippen LogP contribution in [0, 0.1) is 11.8 Å². The number of nitrogens with zero attached hydrogens (tertiary/aromatic N) is 2. The number of rotatable bonds is 16. The maximum atomic E-state index is 13.9. The van der Waals surface area contributed by atoms with Gasteiger partial charge in [0, 0.05) is 31.3 Å². The number of thioether (sulfide) groups is 1. The van der Waals surface area contributed by atoms with Gasteiger partial charge in [0.15, 0.2) is 6.10 Å². The molecule has 3 N–H and O–H groups in total. The Bertz CT molecular complexity index is 1110. The van der Waals surface area contributed by atoms with Gasteiger partial charge in [-0.3, -0.25) is 14.4 Å². The lowest BCUT2D eigenvalue weighted by atomic mass is 9.83. The van der Waals surface area contributed by atoms with Gasteiger partial charge in [-0.1, -0.05) is 62.4 Å². The average molecular weight is 661 g/mol. The molecular weight excluding hydrogens is 604 g/mol. The molecule has 0 bridgehead atoms. The standard InChI is InChI=1S/C35H56N4O6S/c1-24(2)45-35(44)32(41)29(21-26-14-10-7-11-15-26)36-34(43)30(23-46-5)37-33(42)27(20-25-12-8-6-9-13-25)22-31(40)39-18-16-28(17-19-39)38(3)4/h6,8-9,12-13,24,26-30,32,41H,7,10-11,14-23H2,1-5H3,(H,36,43)(H,37,42)/t27-,29+,30+,32-/m1/s1. The molecule has 1 saturated carbocycles. The number of hydrogen-bond acceptors (Lipinski definition) is 8. The van der Waals surface area contributed by atoms with E-state index in [1.54, 1.807) is 13.8 Å². The molecule has 1 aliphatic heterocycles. The predicted octanol–water partition coefficient (Wildman–Crippen LogP) is 3.40.